The lowest BCUT2D eigenvalue weighted by molar-refractivity contribution is -0.118. The normalized spacial score (nSPS) is 21.3. The van der Waals surface area contributed by atoms with Crippen LogP contribution in [0.2, 0.25) is 0 Å². The fraction of sp³-hybridized carbons (Fsp3) is 0.235. The molecule has 7 nitrogen and oxygen atoms in total. The van der Waals surface area contributed by atoms with Crippen molar-refractivity contribution in [2.75, 3.05) is 5.32 Å². The number of ether oxygens (including phenoxy) is 1. The Morgan fingerprint density at radius 1 is 1.38 bits per heavy atom. The van der Waals surface area contributed by atoms with Crippen molar-refractivity contribution in [3.63, 3.8) is 0 Å². The lowest BCUT2D eigenvalue weighted by Crippen LogP contribution is -2.42. The highest BCUT2D eigenvalue weighted by Crippen LogP contribution is 2.54. The van der Waals surface area contributed by atoms with Crippen LogP contribution in [0.25, 0.3) is 0 Å². The van der Waals surface area contributed by atoms with E-state index in [1.165, 1.54) is 0 Å². The number of aromatic amines is 1. The Kier molecular flexibility index (Phi) is 2.76. The Morgan fingerprint density at radius 3 is 2.83 bits per heavy atom. The van der Waals surface area contributed by atoms with Crippen LogP contribution >= 0.6 is 0 Å². The average Bonchev–Trinajstić information content (AvgIpc) is 3.08. The number of anilines is 1. The Balaban J connectivity index is 2.17. The molecule has 0 fully saturated rings. The number of fused-ring (bicyclic) bond motifs is 4. The van der Waals surface area contributed by atoms with Crippen molar-refractivity contribution in [1.82, 2.24) is 10.2 Å². The van der Waals surface area contributed by atoms with Gasteiger partial charge in [-0.05, 0) is 12.0 Å². The first-order valence-corrected chi connectivity index (χ1v) is 7.59. The summed E-state index contributed by atoms with van der Waals surface area (Å²) < 4.78 is 5.53. The molecule has 0 radical (unpaired) electrons. The first-order valence-electron chi connectivity index (χ1n) is 7.59. The molecular weight excluding hydrogens is 306 g/mol. The van der Waals surface area contributed by atoms with Gasteiger partial charge in [0.15, 0.2) is 0 Å². The van der Waals surface area contributed by atoms with Gasteiger partial charge in [-0.15, -0.1) is 5.10 Å². The molecule has 2 aliphatic rings. The van der Waals surface area contributed by atoms with Crippen LogP contribution in [0, 0.1) is 11.3 Å². The second kappa shape index (κ2) is 4.61. The van der Waals surface area contributed by atoms with Crippen LogP contribution < -0.4 is 15.8 Å². The third-order valence-corrected chi connectivity index (χ3v) is 4.57. The van der Waals surface area contributed by atoms with Gasteiger partial charge in [-0.25, -0.2) is 0 Å². The molecule has 2 aliphatic heterocycles. The molecule has 1 amide bonds. The first-order chi connectivity index (χ1) is 11.5. The predicted octanol–water partition coefficient (Wildman–Crippen LogP) is 1.86. The molecule has 1 aromatic heterocycles. The van der Waals surface area contributed by atoms with Crippen molar-refractivity contribution in [1.29, 1.82) is 5.26 Å². The zero-order chi connectivity index (χ0) is 17.1. The number of aromatic nitrogens is 2. The van der Waals surface area contributed by atoms with E-state index in [0.29, 0.717) is 16.8 Å². The molecule has 3 heterocycles. The number of rotatable bonds is 1. The number of hydrogen-bond donors (Lipinski definition) is 3. The number of benzene rings is 1. The molecule has 24 heavy (non-hydrogen) atoms. The number of para-hydroxylation sites is 1. The van der Waals surface area contributed by atoms with Crippen LogP contribution in [0.15, 0.2) is 35.7 Å². The maximum absolute atomic E-state index is 13.1. The van der Waals surface area contributed by atoms with Gasteiger partial charge in [-0.3, -0.25) is 9.89 Å². The fourth-order valence-corrected chi connectivity index (χ4v) is 3.55. The van der Waals surface area contributed by atoms with Crippen molar-refractivity contribution < 1.29 is 9.53 Å². The van der Waals surface area contributed by atoms with Gasteiger partial charge in [0.1, 0.15) is 17.1 Å². The molecule has 0 saturated carbocycles. The van der Waals surface area contributed by atoms with Crippen molar-refractivity contribution in [3.05, 3.63) is 52.5 Å². The summed E-state index contributed by atoms with van der Waals surface area (Å²) in [6.45, 7) is 3.96. The summed E-state index contributed by atoms with van der Waals surface area (Å²) in [6.07, 6.45) is 0. The topological polar surface area (TPSA) is 117 Å². The lowest BCUT2D eigenvalue weighted by Gasteiger charge is -2.32. The molecule has 0 aliphatic carbocycles. The van der Waals surface area contributed by atoms with Crippen molar-refractivity contribution >= 4 is 11.6 Å². The van der Waals surface area contributed by atoms with Crippen molar-refractivity contribution in [2.45, 2.75) is 25.2 Å². The van der Waals surface area contributed by atoms with Gasteiger partial charge in [-0.1, -0.05) is 32.0 Å². The van der Waals surface area contributed by atoms with E-state index in [1.54, 1.807) is 6.07 Å². The summed E-state index contributed by atoms with van der Waals surface area (Å²) in [6, 6.07) is 9.37. The maximum Gasteiger partial charge on any atom is 0.245 e. The van der Waals surface area contributed by atoms with Crippen molar-refractivity contribution in [2.24, 2.45) is 5.73 Å². The minimum absolute atomic E-state index is 0.0570. The van der Waals surface area contributed by atoms with Gasteiger partial charge in [0.05, 0.1) is 5.56 Å². The number of nitrogens with two attached hydrogens (primary N) is 1. The summed E-state index contributed by atoms with van der Waals surface area (Å²) in [5, 5.41) is 19.7. The molecule has 1 atom stereocenters. The van der Waals surface area contributed by atoms with Crippen LogP contribution in [-0.4, -0.2) is 16.1 Å². The molecule has 2 aromatic rings. The minimum Gasteiger partial charge on any atom is -0.420 e. The third kappa shape index (κ3) is 1.50. The molecule has 120 valence electrons. The molecular formula is C17H15N5O2. The molecule has 0 saturated heterocycles. The minimum atomic E-state index is -1.34. The number of nitriles is 1. The molecule has 0 bridgehead atoms. The summed E-state index contributed by atoms with van der Waals surface area (Å²) in [5.41, 5.74) is 7.36. The second-order valence-electron chi connectivity index (χ2n) is 6.17. The van der Waals surface area contributed by atoms with E-state index in [2.05, 4.69) is 21.6 Å². The summed E-state index contributed by atoms with van der Waals surface area (Å²) in [7, 11) is 0. The van der Waals surface area contributed by atoms with E-state index in [4.69, 9.17) is 10.5 Å². The van der Waals surface area contributed by atoms with Crippen LogP contribution in [0.4, 0.5) is 5.69 Å². The molecule has 7 heteroatoms. The Bertz CT molecular complexity index is 950. The number of carbonyl (C=O) groups excluding carboxylic acids is 1. The largest absolute Gasteiger partial charge is 0.420 e. The van der Waals surface area contributed by atoms with Crippen LogP contribution in [0.1, 0.15) is 36.6 Å². The smallest absolute Gasteiger partial charge is 0.245 e. The van der Waals surface area contributed by atoms with Gasteiger partial charge in [0.25, 0.3) is 0 Å². The Morgan fingerprint density at radius 2 is 2.12 bits per heavy atom. The summed E-state index contributed by atoms with van der Waals surface area (Å²) >= 11 is 0. The number of amides is 1. The first kappa shape index (κ1) is 14.3. The monoisotopic (exact) mass is 321 g/mol. The van der Waals surface area contributed by atoms with Gasteiger partial charge in [-0.2, -0.15) is 5.26 Å². The molecule has 1 aromatic carbocycles. The number of nitrogens with zero attached hydrogens (tertiary/aromatic N) is 2. The number of H-pyrrole nitrogens is 1. The molecule has 4 N–H and O–H groups in total. The summed E-state index contributed by atoms with van der Waals surface area (Å²) in [4.78, 5) is 13.1. The van der Waals surface area contributed by atoms with Gasteiger partial charge in [0.2, 0.25) is 17.7 Å². The van der Waals surface area contributed by atoms with Gasteiger partial charge in [0, 0.05) is 16.9 Å². The van der Waals surface area contributed by atoms with E-state index >= 15 is 0 Å². The molecule has 1 spiro atoms. The van der Waals surface area contributed by atoms with Gasteiger partial charge >= 0.3 is 0 Å². The van der Waals surface area contributed by atoms with E-state index in [1.807, 2.05) is 32.0 Å². The van der Waals surface area contributed by atoms with Crippen molar-refractivity contribution in [3.8, 4) is 11.9 Å². The highest BCUT2D eigenvalue weighted by atomic mass is 16.5. The maximum atomic E-state index is 13.1. The standard InChI is InChI=1S/C17H15N5O2/c1-8(2)13-12-15(22-21-13)24-14(19)10(7-18)17(12)9-5-3-4-6-11(9)20-16(17)23/h3-6,8H,19H2,1-2H3,(H,20,23)(H,21,22)/t17-/m0/s1. The number of carbonyl (C=O) groups is 1. The predicted molar refractivity (Wildman–Crippen MR) is 86.0 cm³/mol. The Hall–Kier alpha value is -3.27. The average molecular weight is 321 g/mol. The van der Waals surface area contributed by atoms with Gasteiger partial charge < -0.3 is 15.8 Å². The third-order valence-electron chi connectivity index (χ3n) is 4.57. The van der Waals surface area contributed by atoms with Crippen LogP contribution in [-0.2, 0) is 10.2 Å². The summed E-state index contributed by atoms with van der Waals surface area (Å²) in [5.74, 6) is -0.127. The number of hydrogen-bond acceptors (Lipinski definition) is 5. The van der Waals surface area contributed by atoms with Crippen LogP contribution in [0.3, 0.4) is 0 Å². The Labute approximate surface area is 138 Å². The van der Waals surface area contributed by atoms with Crippen LogP contribution in [0.5, 0.6) is 5.88 Å². The fourth-order valence-electron chi connectivity index (χ4n) is 3.55. The zero-order valence-electron chi connectivity index (χ0n) is 13.2. The van der Waals surface area contributed by atoms with E-state index in [0.717, 1.165) is 5.69 Å². The quantitative estimate of drug-likeness (QED) is 0.741. The highest BCUT2D eigenvalue weighted by Gasteiger charge is 2.58. The highest BCUT2D eigenvalue weighted by molar-refractivity contribution is 6.12. The zero-order valence-corrected chi connectivity index (χ0v) is 13.2. The SMILES string of the molecule is CC(C)c1[nH]nc2c1[C@@]1(C(=O)Nc3ccccc31)C(C#N)=C(N)O2. The van der Waals surface area contributed by atoms with E-state index < -0.39 is 5.41 Å². The molecule has 4 rings (SSSR count). The number of nitrogens with one attached hydrogen (secondary N) is 2. The lowest BCUT2D eigenvalue weighted by atomic mass is 9.68. The molecule has 0 unspecified atom stereocenters. The van der Waals surface area contributed by atoms with E-state index in [-0.39, 0.29) is 29.2 Å². The van der Waals surface area contributed by atoms with E-state index in [9.17, 15) is 10.1 Å². The second-order valence-corrected chi connectivity index (χ2v) is 6.17.